The summed E-state index contributed by atoms with van der Waals surface area (Å²) in [5.41, 5.74) is 0.359. The minimum Gasteiger partial charge on any atom is -0.325 e. The maximum Gasteiger partial charge on any atom is 0.255 e. The van der Waals surface area contributed by atoms with Crippen molar-refractivity contribution >= 4 is 35.2 Å². The lowest BCUT2D eigenvalue weighted by atomic mass is 10.2. The van der Waals surface area contributed by atoms with Gasteiger partial charge in [0, 0.05) is 29.4 Å². The monoisotopic (exact) mass is 315 g/mol. The molecule has 0 fully saturated rings. The van der Waals surface area contributed by atoms with Gasteiger partial charge in [0.1, 0.15) is 0 Å². The minimum atomic E-state index is -1.05. The molecule has 2 aromatic carbocycles. The molecule has 2 N–H and O–H groups in total. The van der Waals surface area contributed by atoms with Gasteiger partial charge in [-0.1, -0.05) is 11.6 Å². The van der Waals surface area contributed by atoms with Crippen molar-refractivity contribution in [2.24, 2.45) is 0 Å². The lowest BCUT2D eigenvalue weighted by molar-refractivity contribution is 0.102. The smallest absolute Gasteiger partial charge is 0.255 e. The first-order chi connectivity index (χ1) is 9.51. The molecular weight excluding hydrogens is 308 g/mol. The molecule has 2 aromatic rings. The predicted molar refractivity (Wildman–Crippen MR) is 74.2 cm³/mol. The molecule has 104 valence electrons. The van der Waals surface area contributed by atoms with Crippen LogP contribution in [0, 0.1) is 11.6 Å². The Balaban J connectivity index is 2.21. The fourth-order valence-corrected chi connectivity index (χ4v) is 2.05. The molecule has 0 heterocycles. The van der Waals surface area contributed by atoms with E-state index in [9.17, 15) is 13.6 Å². The summed E-state index contributed by atoms with van der Waals surface area (Å²) in [6, 6.07) is 7.35. The van der Waals surface area contributed by atoms with Gasteiger partial charge >= 0.3 is 0 Å². The maximum absolute atomic E-state index is 13.0. The molecule has 0 atom stereocenters. The third kappa shape index (κ3) is 3.27. The van der Waals surface area contributed by atoms with Crippen LogP contribution in [-0.4, -0.2) is 10.5 Å². The van der Waals surface area contributed by atoms with Crippen LogP contribution in [0.25, 0.3) is 0 Å². The number of hydrogen-bond donors (Lipinski definition) is 2. The lowest BCUT2D eigenvalue weighted by Gasteiger charge is -2.07. The van der Waals surface area contributed by atoms with E-state index in [-0.39, 0.29) is 11.3 Å². The second-order valence-electron chi connectivity index (χ2n) is 3.82. The predicted octanol–water partition coefficient (Wildman–Crippen LogP) is 4.44. The number of anilines is 1. The van der Waals surface area contributed by atoms with Crippen molar-refractivity contribution in [3.63, 3.8) is 0 Å². The average molecular weight is 316 g/mol. The van der Waals surface area contributed by atoms with Crippen LogP contribution in [0.15, 0.2) is 41.3 Å². The van der Waals surface area contributed by atoms with Crippen molar-refractivity contribution in [1.29, 1.82) is 0 Å². The zero-order valence-electron chi connectivity index (χ0n) is 9.86. The van der Waals surface area contributed by atoms with Crippen molar-refractivity contribution in [2.75, 3.05) is 5.32 Å². The molecule has 7 heteroatoms. The number of carbonyl (C=O) groups is 1. The van der Waals surface area contributed by atoms with E-state index in [0.717, 1.165) is 12.1 Å². The van der Waals surface area contributed by atoms with Gasteiger partial charge in [-0.15, -0.1) is 0 Å². The van der Waals surface area contributed by atoms with Crippen LogP contribution in [0.4, 0.5) is 14.5 Å². The summed E-state index contributed by atoms with van der Waals surface area (Å²) in [4.78, 5) is 12.3. The number of amides is 1. The molecular formula is C13H8ClF2NO2S. The Kier molecular flexibility index (Phi) is 4.59. The van der Waals surface area contributed by atoms with E-state index >= 15 is 0 Å². The first-order valence-corrected chi connectivity index (χ1v) is 6.54. The summed E-state index contributed by atoms with van der Waals surface area (Å²) < 4.78 is 34.8. The zero-order valence-corrected chi connectivity index (χ0v) is 11.4. The quantitative estimate of drug-likeness (QED) is 0.823. The molecule has 20 heavy (non-hydrogen) atoms. The molecule has 0 aromatic heterocycles. The maximum atomic E-state index is 13.0. The van der Waals surface area contributed by atoms with Gasteiger partial charge in [-0.05, 0) is 30.3 Å². The first-order valence-electron chi connectivity index (χ1n) is 5.38. The summed E-state index contributed by atoms with van der Waals surface area (Å²) in [6.07, 6.45) is 0. The molecule has 0 aliphatic heterocycles. The molecule has 2 rings (SSSR count). The third-order valence-corrected chi connectivity index (χ3v) is 3.45. The van der Waals surface area contributed by atoms with Crippen LogP contribution < -0.4 is 5.32 Å². The van der Waals surface area contributed by atoms with Crippen molar-refractivity contribution in [3.8, 4) is 0 Å². The van der Waals surface area contributed by atoms with Crippen LogP contribution in [0.1, 0.15) is 10.4 Å². The van der Waals surface area contributed by atoms with Gasteiger partial charge in [-0.3, -0.25) is 4.79 Å². The standard InChI is InChI=1S/C13H8ClF2NO2S/c14-9-3-1-7(5-12(9)20-19)13(18)17-8-2-4-10(15)11(16)6-8/h1-6,19H,(H,17,18). The van der Waals surface area contributed by atoms with Crippen LogP contribution in [0.2, 0.25) is 5.02 Å². The van der Waals surface area contributed by atoms with Gasteiger partial charge in [-0.25, -0.2) is 8.78 Å². The van der Waals surface area contributed by atoms with Gasteiger partial charge in [0.25, 0.3) is 5.91 Å². The second kappa shape index (κ2) is 6.21. The minimum absolute atomic E-state index is 0.127. The highest BCUT2D eigenvalue weighted by atomic mass is 35.5. The summed E-state index contributed by atoms with van der Waals surface area (Å²) in [6.45, 7) is 0. The van der Waals surface area contributed by atoms with E-state index in [1.54, 1.807) is 0 Å². The topological polar surface area (TPSA) is 49.3 Å². The molecule has 0 saturated carbocycles. The van der Waals surface area contributed by atoms with Crippen LogP contribution >= 0.6 is 23.6 Å². The van der Waals surface area contributed by atoms with Gasteiger partial charge in [-0.2, -0.15) is 0 Å². The van der Waals surface area contributed by atoms with E-state index < -0.39 is 17.5 Å². The lowest BCUT2D eigenvalue weighted by Crippen LogP contribution is -2.12. The molecule has 0 spiro atoms. The van der Waals surface area contributed by atoms with Crippen molar-refractivity contribution in [2.45, 2.75) is 4.90 Å². The van der Waals surface area contributed by atoms with Crippen molar-refractivity contribution < 1.29 is 18.1 Å². The molecule has 0 unspecified atom stereocenters. The molecule has 0 aliphatic carbocycles. The highest BCUT2D eigenvalue weighted by Gasteiger charge is 2.11. The first kappa shape index (κ1) is 14.8. The fraction of sp³-hybridized carbons (Fsp3) is 0. The molecule has 0 bridgehead atoms. The van der Waals surface area contributed by atoms with Crippen LogP contribution in [0.5, 0.6) is 0 Å². The summed E-state index contributed by atoms with van der Waals surface area (Å²) >= 11 is 6.21. The molecule has 1 amide bonds. The fourth-order valence-electron chi connectivity index (χ4n) is 1.49. The normalized spacial score (nSPS) is 10.4. The van der Waals surface area contributed by atoms with Crippen molar-refractivity contribution in [1.82, 2.24) is 0 Å². The molecule has 0 aliphatic rings. The van der Waals surface area contributed by atoms with Crippen molar-refractivity contribution in [3.05, 3.63) is 58.6 Å². The average Bonchev–Trinajstić information content (AvgIpc) is 2.43. The largest absolute Gasteiger partial charge is 0.325 e. The molecule has 3 nitrogen and oxygen atoms in total. The van der Waals surface area contributed by atoms with E-state index in [1.807, 2.05) is 0 Å². The number of nitrogens with one attached hydrogen (secondary N) is 1. The Hall–Kier alpha value is -1.63. The van der Waals surface area contributed by atoms with E-state index in [2.05, 4.69) is 5.32 Å². The summed E-state index contributed by atoms with van der Waals surface area (Å²) in [7, 11) is 0. The van der Waals surface area contributed by atoms with Gasteiger partial charge in [0.05, 0.1) is 9.92 Å². The van der Waals surface area contributed by atoms with E-state index in [1.165, 1.54) is 24.3 Å². The van der Waals surface area contributed by atoms with E-state index in [0.29, 0.717) is 22.0 Å². The zero-order chi connectivity index (χ0) is 14.7. The SMILES string of the molecule is O=C(Nc1ccc(F)c(F)c1)c1ccc(Cl)c(SO)c1. The molecule has 0 saturated heterocycles. The Morgan fingerprint density at radius 3 is 2.55 bits per heavy atom. The number of halogens is 3. The van der Waals surface area contributed by atoms with Crippen LogP contribution in [0.3, 0.4) is 0 Å². The Morgan fingerprint density at radius 2 is 1.90 bits per heavy atom. The number of hydrogen-bond acceptors (Lipinski definition) is 3. The number of carbonyl (C=O) groups excluding carboxylic acids is 1. The number of rotatable bonds is 3. The third-order valence-electron chi connectivity index (χ3n) is 2.47. The Morgan fingerprint density at radius 1 is 1.15 bits per heavy atom. The summed E-state index contributed by atoms with van der Waals surface area (Å²) in [5, 5.41) is 2.72. The Bertz CT molecular complexity index is 667. The van der Waals surface area contributed by atoms with Gasteiger partial charge < -0.3 is 9.87 Å². The highest BCUT2D eigenvalue weighted by molar-refractivity contribution is 7.93. The molecule has 0 radical (unpaired) electrons. The Labute approximate surface area is 122 Å². The second-order valence-corrected chi connectivity index (χ2v) is 4.85. The summed E-state index contributed by atoms with van der Waals surface area (Å²) in [5.74, 6) is -2.57. The van der Waals surface area contributed by atoms with Crippen LogP contribution in [-0.2, 0) is 0 Å². The highest BCUT2D eigenvalue weighted by Crippen LogP contribution is 2.26. The number of benzene rings is 2. The van der Waals surface area contributed by atoms with Gasteiger partial charge in [0.15, 0.2) is 11.6 Å². The van der Waals surface area contributed by atoms with E-state index in [4.69, 9.17) is 16.2 Å². The van der Waals surface area contributed by atoms with Gasteiger partial charge in [0.2, 0.25) is 0 Å².